The van der Waals surface area contributed by atoms with Crippen LogP contribution in [0.3, 0.4) is 0 Å². The number of imide groups is 1. The highest BCUT2D eigenvalue weighted by molar-refractivity contribution is 6.01. The van der Waals surface area contributed by atoms with Gasteiger partial charge in [-0.25, -0.2) is 14.4 Å². The van der Waals surface area contributed by atoms with Gasteiger partial charge in [-0.2, -0.15) is 0 Å². The largest absolute Gasteiger partial charge is 0.461 e. The number of hydrogen-bond acceptors (Lipinski definition) is 6. The number of esters is 2. The van der Waals surface area contributed by atoms with Gasteiger partial charge in [0.05, 0.1) is 12.2 Å². The summed E-state index contributed by atoms with van der Waals surface area (Å²) in [5.41, 5.74) is 5.85. The van der Waals surface area contributed by atoms with Crippen LogP contribution in [0.4, 0.5) is 4.79 Å². The molecule has 0 saturated carbocycles. The Labute approximate surface area is 132 Å². The van der Waals surface area contributed by atoms with Crippen molar-refractivity contribution in [2.75, 3.05) is 6.61 Å². The van der Waals surface area contributed by atoms with Gasteiger partial charge in [0.1, 0.15) is 5.69 Å². The molecule has 1 heterocycles. The van der Waals surface area contributed by atoms with Crippen molar-refractivity contribution in [3.8, 4) is 0 Å². The molecule has 0 aliphatic heterocycles. The third-order valence-electron chi connectivity index (χ3n) is 3.02. The number of aromatic nitrogens is 1. The lowest BCUT2D eigenvalue weighted by atomic mass is 10.1. The Morgan fingerprint density at radius 3 is 2.35 bits per heavy atom. The lowest BCUT2D eigenvalue weighted by Crippen LogP contribution is -2.42. The fourth-order valence-electron chi connectivity index (χ4n) is 1.96. The normalized spacial score (nSPS) is 11.5. The van der Waals surface area contributed by atoms with Crippen LogP contribution < -0.4 is 11.1 Å². The number of nitrogens with one attached hydrogen (secondary N) is 2. The van der Waals surface area contributed by atoms with Crippen LogP contribution >= 0.6 is 0 Å². The molecular formula is C14H19N3O6. The van der Waals surface area contributed by atoms with E-state index in [0.29, 0.717) is 11.3 Å². The quantitative estimate of drug-likeness (QED) is 0.675. The van der Waals surface area contributed by atoms with E-state index in [9.17, 15) is 19.2 Å². The van der Waals surface area contributed by atoms with Gasteiger partial charge in [0.2, 0.25) is 0 Å². The van der Waals surface area contributed by atoms with Crippen LogP contribution in [0.1, 0.15) is 46.0 Å². The highest BCUT2D eigenvalue weighted by Crippen LogP contribution is 2.20. The topological polar surface area (TPSA) is 141 Å². The van der Waals surface area contributed by atoms with Crippen molar-refractivity contribution in [2.24, 2.45) is 5.73 Å². The van der Waals surface area contributed by atoms with Crippen molar-refractivity contribution >= 4 is 23.9 Å². The Kier molecular flexibility index (Phi) is 5.88. The first-order chi connectivity index (χ1) is 10.7. The Morgan fingerprint density at radius 2 is 1.83 bits per heavy atom. The molecule has 0 aromatic carbocycles. The first-order valence-electron chi connectivity index (χ1n) is 6.86. The Morgan fingerprint density at radius 1 is 1.22 bits per heavy atom. The van der Waals surface area contributed by atoms with Gasteiger partial charge in [-0.3, -0.25) is 10.1 Å². The molecule has 0 spiro atoms. The molecule has 1 aromatic rings. The number of primary amides is 1. The SMILES string of the molecule is CCOC(=O)c1[nH]c(C)c(C(=O)O[C@H](C)C(=O)NC(N)=O)c1C. The first kappa shape index (κ1) is 18.2. The van der Waals surface area contributed by atoms with E-state index in [1.165, 1.54) is 6.92 Å². The summed E-state index contributed by atoms with van der Waals surface area (Å²) in [6.07, 6.45) is -1.23. The highest BCUT2D eigenvalue weighted by atomic mass is 16.5. The second-order valence-electron chi connectivity index (χ2n) is 4.75. The molecule has 0 saturated heterocycles. The summed E-state index contributed by atoms with van der Waals surface area (Å²) >= 11 is 0. The Balaban J connectivity index is 2.94. The predicted molar refractivity (Wildman–Crippen MR) is 78.8 cm³/mol. The van der Waals surface area contributed by atoms with Gasteiger partial charge in [0.15, 0.2) is 6.10 Å². The molecule has 0 radical (unpaired) electrons. The molecular weight excluding hydrogens is 306 g/mol. The molecule has 126 valence electrons. The standard InChI is InChI=1S/C14H19N3O6/c1-5-22-13(20)10-6(2)9(7(3)16-10)12(19)23-8(4)11(18)17-14(15)21/h8,16H,5H2,1-4H3,(H3,15,17,18,21)/t8-/m1/s1. The zero-order valence-electron chi connectivity index (χ0n) is 13.3. The van der Waals surface area contributed by atoms with Crippen LogP contribution in [0.5, 0.6) is 0 Å². The van der Waals surface area contributed by atoms with E-state index in [2.05, 4.69) is 4.98 Å². The average Bonchev–Trinajstić information content (AvgIpc) is 2.73. The fourth-order valence-corrected chi connectivity index (χ4v) is 1.96. The second-order valence-corrected chi connectivity index (χ2v) is 4.75. The van der Waals surface area contributed by atoms with Gasteiger partial charge < -0.3 is 20.2 Å². The third kappa shape index (κ3) is 4.31. The summed E-state index contributed by atoms with van der Waals surface area (Å²) < 4.78 is 9.87. The molecule has 1 aromatic heterocycles. The summed E-state index contributed by atoms with van der Waals surface area (Å²) in [6, 6.07) is -1.04. The van der Waals surface area contributed by atoms with Gasteiger partial charge in [-0.15, -0.1) is 0 Å². The predicted octanol–water partition coefficient (Wildman–Crippen LogP) is 0.548. The number of aryl methyl sites for hydroxylation is 1. The molecule has 0 bridgehead atoms. The number of nitrogens with two attached hydrogens (primary N) is 1. The van der Waals surface area contributed by atoms with E-state index < -0.39 is 30.0 Å². The lowest BCUT2D eigenvalue weighted by Gasteiger charge is -2.12. The van der Waals surface area contributed by atoms with Gasteiger partial charge in [0.25, 0.3) is 5.91 Å². The van der Waals surface area contributed by atoms with Gasteiger partial charge in [-0.1, -0.05) is 0 Å². The van der Waals surface area contributed by atoms with Crippen molar-refractivity contribution < 1.29 is 28.7 Å². The zero-order valence-corrected chi connectivity index (χ0v) is 13.3. The van der Waals surface area contributed by atoms with Crippen molar-refractivity contribution in [1.29, 1.82) is 0 Å². The van der Waals surface area contributed by atoms with E-state index in [4.69, 9.17) is 15.2 Å². The maximum absolute atomic E-state index is 12.2. The minimum atomic E-state index is -1.23. The molecule has 3 amide bonds. The van der Waals surface area contributed by atoms with Crippen molar-refractivity contribution in [3.05, 3.63) is 22.5 Å². The molecule has 4 N–H and O–H groups in total. The van der Waals surface area contributed by atoms with Crippen LogP contribution in [0.2, 0.25) is 0 Å². The summed E-state index contributed by atoms with van der Waals surface area (Å²) in [6.45, 7) is 6.29. The number of ether oxygens (including phenoxy) is 2. The summed E-state index contributed by atoms with van der Waals surface area (Å²) in [5.74, 6) is -2.24. The number of urea groups is 1. The molecule has 0 aliphatic carbocycles. The number of aromatic amines is 1. The lowest BCUT2D eigenvalue weighted by molar-refractivity contribution is -0.127. The van der Waals surface area contributed by atoms with E-state index >= 15 is 0 Å². The van der Waals surface area contributed by atoms with Gasteiger partial charge in [0, 0.05) is 5.69 Å². The highest BCUT2D eigenvalue weighted by Gasteiger charge is 2.26. The molecule has 1 atom stereocenters. The Bertz CT molecular complexity index is 649. The van der Waals surface area contributed by atoms with Crippen LogP contribution in [-0.4, -0.2) is 41.6 Å². The molecule has 0 aliphatic rings. The monoisotopic (exact) mass is 325 g/mol. The second kappa shape index (κ2) is 7.43. The number of hydrogen-bond donors (Lipinski definition) is 3. The van der Waals surface area contributed by atoms with E-state index in [-0.39, 0.29) is 17.9 Å². The summed E-state index contributed by atoms with van der Waals surface area (Å²) in [4.78, 5) is 48.9. The fraction of sp³-hybridized carbons (Fsp3) is 0.429. The van der Waals surface area contributed by atoms with Gasteiger partial charge >= 0.3 is 18.0 Å². The number of H-pyrrole nitrogens is 1. The van der Waals surface area contributed by atoms with E-state index in [0.717, 1.165) is 0 Å². The smallest absolute Gasteiger partial charge is 0.355 e. The molecule has 0 fully saturated rings. The molecule has 9 nitrogen and oxygen atoms in total. The van der Waals surface area contributed by atoms with E-state index in [1.54, 1.807) is 20.8 Å². The first-order valence-corrected chi connectivity index (χ1v) is 6.86. The minimum absolute atomic E-state index is 0.131. The number of carbonyl (C=O) groups is 4. The zero-order chi connectivity index (χ0) is 17.7. The minimum Gasteiger partial charge on any atom is -0.461 e. The average molecular weight is 325 g/mol. The van der Waals surface area contributed by atoms with Crippen molar-refractivity contribution in [1.82, 2.24) is 10.3 Å². The van der Waals surface area contributed by atoms with Crippen LogP contribution in [0, 0.1) is 13.8 Å². The summed E-state index contributed by atoms with van der Waals surface area (Å²) in [5, 5.41) is 1.81. The third-order valence-corrected chi connectivity index (χ3v) is 3.02. The van der Waals surface area contributed by atoms with Gasteiger partial charge in [-0.05, 0) is 33.3 Å². The maximum Gasteiger partial charge on any atom is 0.355 e. The molecule has 23 heavy (non-hydrogen) atoms. The molecule has 0 unspecified atom stereocenters. The summed E-state index contributed by atoms with van der Waals surface area (Å²) in [7, 11) is 0. The molecule has 1 rings (SSSR count). The van der Waals surface area contributed by atoms with Crippen LogP contribution in [0.15, 0.2) is 0 Å². The van der Waals surface area contributed by atoms with Crippen LogP contribution in [-0.2, 0) is 14.3 Å². The number of carbonyl (C=O) groups excluding carboxylic acids is 4. The number of amides is 3. The van der Waals surface area contributed by atoms with Crippen molar-refractivity contribution in [3.63, 3.8) is 0 Å². The van der Waals surface area contributed by atoms with Crippen molar-refractivity contribution in [2.45, 2.75) is 33.8 Å². The maximum atomic E-state index is 12.2. The van der Waals surface area contributed by atoms with Crippen LogP contribution in [0.25, 0.3) is 0 Å². The molecule has 9 heteroatoms. The number of rotatable bonds is 5. The van der Waals surface area contributed by atoms with E-state index in [1.807, 2.05) is 5.32 Å². The Hall–Kier alpha value is -2.84.